The van der Waals surface area contributed by atoms with E-state index in [0.29, 0.717) is 9.69 Å². The van der Waals surface area contributed by atoms with Crippen LogP contribution in [0.4, 0.5) is 5.69 Å². The minimum absolute atomic E-state index is 0. The fourth-order valence-electron chi connectivity index (χ4n) is 4.17. The van der Waals surface area contributed by atoms with Crippen molar-refractivity contribution in [2.75, 3.05) is 11.4 Å². The molecular formula is C28H26ClKN2O6S. The molecule has 0 saturated heterocycles. The first-order valence-corrected chi connectivity index (χ1v) is 13.4. The zero-order valence-corrected chi connectivity index (χ0v) is 26.9. The number of carbonyl (C=O) groups is 1. The summed E-state index contributed by atoms with van der Waals surface area (Å²) in [4.78, 5) is 17.9. The summed E-state index contributed by atoms with van der Waals surface area (Å²) in [7, 11) is -3.06. The van der Waals surface area contributed by atoms with Gasteiger partial charge in [-0.15, -0.1) is 5.60 Å². The standard InChI is InChI=1S/C24H17ClN2O5S.C4H9O.K/c1-32-20-9-3-2-8-17(20)24(29)18-14-16(25)11-12-19(18)27(23(24)28)33(30,31)21-10-4-6-15-7-5-13-26-22(15)21;1-4(2,3)5;/h2-14,29H,1H3;1-3H3;/q;-1;+1. The Bertz CT molecular complexity index is 1630. The van der Waals surface area contributed by atoms with E-state index in [4.69, 9.17) is 16.3 Å². The normalized spacial score (nSPS) is 16.7. The first-order chi connectivity index (χ1) is 17.8. The summed E-state index contributed by atoms with van der Waals surface area (Å²) in [5.74, 6) is -0.831. The first-order valence-electron chi connectivity index (χ1n) is 11.6. The number of halogens is 1. The smallest absolute Gasteiger partial charge is 0.850 e. The molecule has 0 bridgehead atoms. The molecule has 39 heavy (non-hydrogen) atoms. The minimum Gasteiger partial charge on any atom is -0.850 e. The van der Waals surface area contributed by atoms with Crippen molar-refractivity contribution < 1.29 is 79.5 Å². The van der Waals surface area contributed by atoms with Gasteiger partial charge in [-0.3, -0.25) is 9.78 Å². The molecule has 1 unspecified atom stereocenters. The molecule has 3 aromatic carbocycles. The monoisotopic (exact) mass is 592 g/mol. The number of aromatic nitrogens is 1. The van der Waals surface area contributed by atoms with Crippen LogP contribution >= 0.6 is 11.6 Å². The maximum Gasteiger partial charge on any atom is 1.00 e. The fraction of sp³-hybridized carbons (Fsp3) is 0.214. The largest absolute Gasteiger partial charge is 1.00 e. The van der Waals surface area contributed by atoms with Crippen molar-refractivity contribution in [3.8, 4) is 5.75 Å². The van der Waals surface area contributed by atoms with E-state index in [1.807, 2.05) is 0 Å². The molecular weight excluding hydrogens is 567 g/mol. The maximum atomic E-state index is 13.9. The average molecular weight is 593 g/mol. The molecule has 198 valence electrons. The molecule has 5 rings (SSSR count). The number of methoxy groups -OCH3 is 1. The van der Waals surface area contributed by atoms with Crippen LogP contribution in [0.2, 0.25) is 5.02 Å². The number of amides is 1. The van der Waals surface area contributed by atoms with E-state index in [2.05, 4.69) is 4.98 Å². The van der Waals surface area contributed by atoms with Gasteiger partial charge in [-0.05, 0) is 36.4 Å². The molecule has 1 atom stereocenters. The summed E-state index contributed by atoms with van der Waals surface area (Å²) >= 11 is 6.18. The van der Waals surface area contributed by atoms with E-state index in [9.17, 15) is 23.4 Å². The van der Waals surface area contributed by atoms with Crippen LogP contribution in [0, 0.1) is 0 Å². The second-order valence-electron chi connectivity index (χ2n) is 9.59. The van der Waals surface area contributed by atoms with Crippen LogP contribution in [0.5, 0.6) is 5.75 Å². The predicted octanol–water partition coefficient (Wildman–Crippen LogP) is 1.02. The summed E-state index contributed by atoms with van der Waals surface area (Å²) in [6, 6.07) is 18.8. The van der Waals surface area contributed by atoms with E-state index in [1.165, 1.54) is 43.6 Å². The van der Waals surface area contributed by atoms with E-state index in [-0.39, 0.29) is 89.4 Å². The number of ether oxygens (including phenoxy) is 1. The van der Waals surface area contributed by atoms with Gasteiger partial charge in [0.1, 0.15) is 10.6 Å². The van der Waals surface area contributed by atoms with Crippen LogP contribution in [0.15, 0.2) is 83.9 Å². The van der Waals surface area contributed by atoms with Crippen LogP contribution < -0.4 is 65.5 Å². The van der Waals surface area contributed by atoms with Crippen LogP contribution in [0.25, 0.3) is 10.9 Å². The molecule has 1 aliphatic heterocycles. The summed E-state index contributed by atoms with van der Waals surface area (Å²) in [5, 5.41) is 22.7. The number of nitrogens with zero attached hydrogens (tertiary/aromatic N) is 2. The van der Waals surface area contributed by atoms with Crippen LogP contribution in [0.1, 0.15) is 31.9 Å². The number of fused-ring (bicyclic) bond motifs is 2. The third-order valence-electron chi connectivity index (χ3n) is 5.67. The Labute approximate surface area is 275 Å². The van der Waals surface area contributed by atoms with Crippen LogP contribution in [-0.2, 0) is 20.4 Å². The van der Waals surface area contributed by atoms with Crippen molar-refractivity contribution in [3.63, 3.8) is 0 Å². The van der Waals surface area contributed by atoms with Crippen molar-refractivity contribution in [2.45, 2.75) is 36.9 Å². The van der Waals surface area contributed by atoms with Crippen molar-refractivity contribution >= 4 is 44.1 Å². The van der Waals surface area contributed by atoms with Gasteiger partial charge in [0.2, 0.25) is 5.60 Å². The third kappa shape index (κ3) is 6.09. The van der Waals surface area contributed by atoms with Crippen LogP contribution in [0.3, 0.4) is 0 Å². The second-order valence-corrected chi connectivity index (χ2v) is 11.8. The van der Waals surface area contributed by atoms with Crippen molar-refractivity contribution in [2.24, 2.45) is 0 Å². The number of rotatable bonds is 4. The number of hydrogen-bond acceptors (Lipinski definition) is 7. The van der Waals surface area contributed by atoms with Crippen LogP contribution in [-0.4, -0.2) is 37.1 Å². The molecule has 2 heterocycles. The van der Waals surface area contributed by atoms with Crippen molar-refractivity contribution in [3.05, 3.63) is 95.1 Å². The Morgan fingerprint density at radius 3 is 2.31 bits per heavy atom. The Balaban J connectivity index is 0.000000644. The van der Waals surface area contributed by atoms with Gasteiger partial charge in [0.05, 0.1) is 18.3 Å². The minimum atomic E-state index is -4.46. The molecule has 0 radical (unpaired) electrons. The molecule has 8 nitrogen and oxygen atoms in total. The number of hydrogen-bond donors (Lipinski definition) is 1. The first kappa shape index (κ1) is 31.7. The number of carbonyl (C=O) groups excluding carboxylic acids is 1. The number of anilines is 1. The molecule has 0 spiro atoms. The summed E-state index contributed by atoms with van der Waals surface area (Å²) in [6.07, 6.45) is 1.48. The topological polar surface area (TPSA) is 120 Å². The van der Waals surface area contributed by atoms with Gasteiger partial charge in [0, 0.05) is 27.7 Å². The summed E-state index contributed by atoms with van der Waals surface area (Å²) < 4.78 is 33.7. The summed E-state index contributed by atoms with van der Waals surface area (Å²) in [5.41, 5.74) is -2.71. The molecule has 4 aromatic rings. The molecule has 1 aromatic heterocycles. The van der Waals surface area contributed by atoms with E-state index >= 15 is 0 Å². The third-order valence-corrected chi connectivity index (χ3v) is 7.64. The van der Waals surface area contributed by atoms with Gasteiger partial charge in [-0.2, -0.15) is 4.31 Å². The average Bonchev–Trinajstić information content (AvgIpc) is 3.10. The van der Waals surface area contributed by atoms with Gasteiger partial charge in [0.25, 0.3) is 15.9 Å². The quantitative estimate of drug-likeness (QED) is 0.351. The Morgan fingerprint density at radius 1 is 1.00 bits per heavy atom. The molecule has 0 saturated carbocycles. The van der Waals surface area contributed by atoms with Gasteiger partial charge in [-0.25, -0.2) is 8.42 Å². The molecule has 1 aliphatic rings. The Morgan fingerprint density at radius 2 is 1.64 bits per heavy atom. The number of para-hydroxylation sites is 2. The number of benzene rings is 3. The summed E-state index contributed by atoms with van der Waals surface area (Å²) in [6.45, 7) is 4.90. The maximum absolute atomic E-state index is 13.9. The number of aliphatic hydroxyl groups is 1. The second kappa shape index (κ2) is 11.9. The molecule has 1 amide bonds. The van der Waals surface area contributed by atoms with E-state index in [1.54, 1.807) is 63.2 Å². The fourth-order valence-corrected chi connectivity index (χ4v) is 5.97. The van der Waals surface area contributed by atoms with Gasteiger partial charge in [0.15, 0.2) is 0 Å². The van der Waals surface area contributed by atoms with Crippen molar-refractivity contribution in [1.29, 1.82) is 0 Å². The van der Waals surface area contributed by atoms with Gasteiger partial charge in [-0.1, -0.05) is 68.8 Å². The Kier molecular flexibility index (Phi) is 9.69. The zero-order valence-electron chi connectivity index (χ0n) is 22.2. The Hall–Kier alpha value is -1.86. The molecule has 1 N–H and O–H groups in total. The SMILES string of the molecule is CC(C)(C)[O-].COc1ccccc1C1(O)C(=O)N(S(=O)(=O)c2cccc3cccnc23)c2ccc(Cl)cc21.[K+]. The molecule has 0 fully saturated rings. The predicted molar refractivity (Wildman–Crippen MR) is 144 cm³/mol. The molecule has 11 heteroatoms. The van der Waals surface area contributed by atoms with Crippen molar-refractivity contribution in [1.82, 2.24) is 4.98 Å². The zero-order chi connectivity index (χ0) is 27.9. The molecule has 0 aliphatic carbocycles. The van der Waals surface area contributed by atoms with Gasteiger partial charge >= 0.3 is 51.4 Å². The number of sulfonamides is 1. The van der Waals surface area contributed by atoms with E-state index in [0.717, 1.165) is 0 Å². The van der Waals surface area contributed by atoms with E-state index < -0.39 is 27.1 Å². The number of pyridine rings is 1. The van der Waals surface area contributed by atoms with Gasteiger partial charge < -0.3 is 14.9 Å².